The molecular weight excluding hydrogens is 289 g/mol. The Morgan fingerprint density at radius 3 is 1.95 bits per heavy atom. The molecule has 0 aromatic heterocycles. The number of hydrogen-bond acceptors (Lipinski definition) is 4. The third-order valence-corrected chi connectivity index (χ3v) is 4.90. The van der Waals surface area contributed by atoms with E-state index in [0.717, 1.165) is 0 Å². The van der Waals surface area contributed by atoms with Crippen molar-refractivity contribution in [1.82, 2.24) is 0 Å². The molecule has 0 aromatic rings. The lowest BCUT2D eigenvalue weighted by atomic mass is 10.5. The first-order chi connectivity index (χ1) is 8.53. The molecule has 114 valence electrons. The number of quaternary nitrogens is 1. The molecule has 0 heterocycles. The number of ether oxygens (including phenoxy) is 1. The van der Waals surface area contributed by atoms with Crippen molar-refractivity contribution in [3.63, 3.8) is 0 Å². The molecule has 0 spiro atoms. The Balaban J connectivity index is 5.12. The number of hydrogen-bond donors (Lipinski definition) is 0. The van der Waals surface area contributed by atoms with E-state index in [1.54, 1.807) is 20.8 Å². The summed E-state index contributed by atoms with van der Waals surface area (Å²) in [6.45, 7) is 3.32. The number of alkyl halides is 3. The Bertz CT molecular complexity index is 407. The van der Waals surface area contributed by atoms with Crippen LogP contribution in [0.15, 0.2) is 4.40 Å². The minimum atomic E-state index is -4.72. The van der Waals surface area contributed by atoms with Gasteiger partial charge in [0.15, 0.2) is 6.08 Å². The van der Waals surface area contributed by atoms with Crippen molar-refractivity contribution in [1.29, 1.82) is 0 Å². The summed E-state index contributed by atoms with van der Waals surface area (Å²) < 4.78 is 65.2. The largest absolute Gasteiger partial charge is 0.590 e. The van der Waals surface area contributed by atoms with E-state index in [1.165, 1.54) is 0 Å². The van der Waals surface area contributed by atoms with Gasteiger partial charge in [0.1, 0.15) is 0 Å². The van der Waals surface area contributed by atoms with E-state index in [4.69, 9.17) is 0 Å². The topological polar surface area (TPSA) is 78.8 Å². The SMILES string of the molecule is CC[N+](CC)(CC)S(=O)(=O)/N=C(\[O-])OCC(F)(F)F. The molecule has 0 bridgehead atoms. The lowest BCUT2D eigenvalue weighted by molar-refractivity contribution is -0.800. The van der Waals surface area contributed by atoms with Gasteiger partial charge in [0.25, 0.3) is 0 Å². The fourth-order valence-electron chi connectivity index (χ4n) is 1.51. The van der Waals surface area contributed by atoms with E-state index in [9.17, 15) is 26.7 Å². The average Bonchev–Trinajstić information content (AvgIpc) is 2.27. The zero-order valence-corrected chi connectivity index (χ0v) is 11.7. The second-order valence-electron chi connectivity index (χ2n) is 3.72. The van der Waals surface area contributed by atoms with Gasteiger partial charge in [0, 0.05) is 0 Å². The predicted octanol–water partition coefficient (Wildman–Crippen LogP) is 0.403. The molecule has 19 heavy (non-hydrogen) atoms. The Kier molecular flexibility index (Phi) is 6.07. The molecule has 0 aliphatic carbocycles. The molecule has 0 aliphatic heterocycles. The van der Waals surface area contributed by atoms with Gasteiger partial charge in [0.05, 0.1) is 26.2 Å². The minimum absolute atomic E-state index is 0.144. The molecule has 0 rings (SSSR count). The normalized spacial score (nSPS) is 14.5. The van der Waals surface area contributed by atoms with E-state index in [0.29, 0.717) is 0 Å². The smallest absolute Gasteiger partial charge is 0.416 e. The average molecular weight is 306 g/mol. The summed E-state index contributed by atoms with van der Waals surface area (Å²) in [6, 6.07) is 0. The molecular formula is C9H17F3N2O4S. The van der Waals surface area contributed by atoms with Gasteiger partial charge in [-0.2, -0.15) is 17.1 Å². The van der Waals surface area contributed by atoms with Crippen molar-refractivity contribution >= 4 is 16.3 Å². The van der Waals surface area contributed by atoms with Gasteiger partial charge in [-0.05, 0) is 20.8 Å². The summed E-state index contributed by atoms with van der Waals surface area (Å²) in [7, 11) is -4.28. The van der Waals surface area contributed by atoms with Crippen LogP contribution in [-0.2, 0) is 14.9 Å². The van der Waals surface area contributed by atoms with Crippen molar-refractivity contribution in [2.24, 2.45) is 4.40 Å². The minimum Gasteiger partial charge on any atom is -0.590 e. The van der Waals surface area contributed by atoms with E-state index >= 15 is 0 Å². The summed E-state index contributed by atoms with van der Waals surface area (Å²) in [5.74, 6) is 0. The van der Waals surface area contributed by atoms with Crippen LogP contribution in [0.2, 0.25) is 0 Å². The van der Waals surface area contributed by atoms with Crippen molar-refractivity contribution in [2.75, 3.05) is 26.2 Å². The third kappa shape index (κ3) is 4.86. The van der Waals surface area contributed by atoms with Crippen molar-refractivity contribution in [3.05, 3.63) is 0 Å². The standard InChI is InChI=1S/C9H17F3N2O4S/c1-4-14(5-2,6-3)19(16,17)13-8(15)18-7-9(10,11)12/h4-7H2,1-3H3. The number of rotatable bonds is 6. The van der Waals surface area contributed by atoms with Crippen LogP contribution < -0.4 is 5.11 Å². The highest BCUT2D eigenvalue weighted by Gasteiger charge is 2.37. The van der Waals surface area contributed by atoms with Gasteiger partial charge in [-0.15, -0.1) is 8.42 Å². The summed E-state index contributed by atoms with van der Waals surface area (Å²) in [5, 5.41) is 11.0. The van der Waals surface area contributed by atoms with Gasteiger partial charge in [0.2, 0.25) is 0 Å². The lowest BCUT2D eigenvalue weighted by Gasteiger charge is -2.31. The van der Waals surface area contributed by atoms with Crippen molar-refractivity contribution < 1.29 is 35.3 Å². The Morgan fingerprint density at radius 2 is 1.63 bits per heavy atom. The van der Waals surface area contributed by atoms with Crippen molar-refractivity contribution in [2.45, 2.75) is 26.9 Å². The second-order valence-corrected chi connectivity index (χ2v) is 5.57. The fraction of sp³-hybridized carbons (Fsp3) is 0.889. The number of nitrogens with zero attached hydrogens (tertiary/aromatic N) is 2. The molecule has 0 unspecified atom stereocenters. The monoisotopic (exact) mass is 306 g/mol. The van der Waals surface area contributed by atoms with Crippen LogP contribution in [0, 0.1) is 0 Å². The zero-order valence-electron chi connectivity index (χ0n) is 10.9. The summed E-state index contributed by atoms with van der Waals surface area (Å²) in [4.78, 5) is 0. The van der Waals surface area contributed by atoms with Crippen LogP contribution in [0.3, 0.4) is 0 Å². The summed E-state index contributed by atoms with van der Waals surface area (Å²) in [6.07, 6.45) is -6.48. The molecule has 0 fully saturated rings. The van der Waals surface area contributed by atoms with E-state index in [-0.39, 0.29) is 19.6 Å². The van der Waals surface area contributed by atoms with Gasteiger partial charge < -0.3 is 9.84 Å². The summed E-state index contributed by atoms with van der Waals surface area (Å²) in [5.41, 5.74) is 0. The summed E-state index contributed by atoms with van der Waals surface area (Å²) >= 11 is 0. The van der Waals surface area contributed by atoms with Crippen LogP contribution in [0.1, 0.15) is 20.8 Å². The molecule has 0 aliphatic rings. The zero-order chi connectivity index (χ0) is 15.3. The molecule has 0 radical (unpaired) electrons. The first kappa shape index (κ1) is 18.0. The van der Waals surface area contributed by atoms with Crippen LogP contribution >= 0.6 is 0 Å². The van der Waals surface area contributed by atoms with Gasteiger partial charge in [-0.25, -0.2) is 0 Å². The van der Waals surface area contributed by atoms with Crippen LogP contribution in [0.4, 0.5) is 13.2 Å². The van der Waals surface area contributed by atoms with Crippen LogP contribution in [0.25, 0.3) is 0 Å². The first-order valence-corrected chi connectivity index (χ1v) is 7.01. The van der Waals surface area contributed by atoms with E-state index in [2.05, 4.69) is 9.13 Å². The first-order valence-electron chi connectivity index (χ1n) is 5.61. The van der Waals surface area contributed by atoms with E-state index < -0.39 is 33.0 Å². The van der Waals surface area contributed by atoms with Gasteiger partial charge >= 0.3 is 16.4 Å². The molecule has 0 amide bonds. The maximum absolute atomic E-state index is 11.9. The third-order valence-electron chi connectivity index (χ3n) is 2.77. The molecule has 0 aromatic carbocycles. The molecule has 0 saturated carbocycles. The van der Waals surface area contributed by atoms with Crippen molar-refractivity contribution in [3.8, 4) is 0 Å². The second kappa shape index (κ2) is 6.42. The fourth-order valence-corrected chi connectivity index (χ4v) is 2.90. The van der Waals surface area contributed by atoms with Gasteiger partial charge in [-0.1, -0.05) is 4.40 Å². The molecule has 0 N–H and O–H groups in total. The highest BCUT2D eigenvalue weighted by Crippen LogP contribution is 2.17. The highest BCUT2D eigenvalue weighted by atomic mass is 32.2. The molecule has 0 saturated heterocycles. The Morgan fingerprint density at radius 1 is 1.21 bits per heavy atom. The maximum atomic E-state index is 11.9. The molecule has 6 nitrogen and oxygen atoms in total. The maximum Gasteiger partial charge on any atom is 0.416 e. The lowest BCUT2D eigenvalue weighted by Crippen LogP contribution is -2.51. The van der Waals surface area contributed by atoms with E-state index in [1.807, 2.05) is 0 Å². The predicted molar refractivity (Wildman–Crippen MR) is 60.2 cm³/mol. The van der Waals surface area contributed by atoms with Crippen LogP contribution in [0.5, 0.6) is 0 Å². The quantitative estimate of drug-likeness (QED) is 0.404. The Labute approximate surface area is 110 Å². The Hall–Kier alpha value is -1.03. The molecule has 0 atom stereocenters. The van der Waals surface area contributed by atoms with Gasteiger partial charge in [-0.3, -0.25) is 0 Å². The molecule has 10 heteroatoms. The highest BCUT2D eigenvalue weighted by molar-refractivity contribution is 7.84. The number of halogens is 3. The van der Waals surface area contributed by atoms with Crippen LogP contribution in [-0.4, -0.2) is 50.8 Å².